The van der Waals surface area contributed by atoms with E-state index in [4.69, 9.17) is 0 Å². The molecular formula is C16H20N2O2S. The van der Waals surface area contributed by atoms with Gasteiger partial charge in [0, 0.05) is 34.0 Å². The fourth-order valence-corrected chi connectivity index (χ4v) is 3.08. The predicted octanol–water partition coefficient (Wildman–Crippen LogP) is 4.38. The van der Waals surface area contributed by atoms with Crippen molar-refractivity contribution < 1.29 is 4.92 Å². The van der Waals surface area contributed by atoms with Gasteiger partial charge in [-0.15, -0.1) is 11.3 Å². The summed E-state index contributed by atoms with van der Waals surface area (Å²) in [6.45, 7) is 6.73. The molecule has 0 saturated carbocycles. The number of hydrogen-bond acceptors (Lipinski definition) is 4. The lowest BCUT2D eigenvalue weighted by Crippen LogP contribution is -2.17. The molecule has 2 rings (SSSR count). The van der Waals surface area contributed by atoms with Crippen LogP contribution < -0.4 is 5.32 Å². The highest BCUT2D eigenvalue weighted by atomic mass is 32.1. The van der Waals surface area contributed by atoms with Crippen molar-refractivity contribution >= 4 is 17.0 Å². The van der Waals surface area contributed by atoms with Gasteiger partial charge in [0.15, 0.2) is 0 Å². The average molecular weight is 304 g/mol. The van der Waals surface area contributed by atoms with Gasteiger partial charge in [0.2, 0.25) is 0 Å². The minimum atomic E-state index is -0.321. The topological polar surface area (TPSA) is 55.2 Å². The van der Waals surface area contributed by atoms with Gasteiger partial charge in [-0.3, -0.25) is 10.1 Å². The fourth-order valence-electron chi connectivity index (χ4n) is 2.17. The third kappa shape index (κ3) is 3.89. The number of benzene rings is 1. The highest BCUT2D eigenvalue weighted by Crippen LogP contribution is 2.24. The largest absolute Gasteiger partial charge is 0.305 e. The second-order valence-electron chi connectivity index (χ2n) is 5.13. The summed E-state index contributed by atoms with van der Waals surface area (Å²) < 4.78 is 0. The molecule has 112 valence electrons. The molecular weight excluding hydrogens is 284 g/mol. The lowest BCUT2D eigenvalue weighted by atomic mass is 10.0. The summed E-state index contributed by atoms with van der Waals surface area (Å²) in [5.74, 6) is 0. The van der Waals surface area contributed by atoms with Crippen LogP contribution in [-0.2, 0) is 13.0 Å². The van der Waals surface area contributed by atoms with Crippen LogP contribution in [0.25, 0.3) is 0 Å². The summed E-state index contributed by atoms with van der Waals surface area (Å²) in [6.07, 6.45) is 1.06. The summed E-state index contributed by atoms with van der Waals surface area (Å²) in [6, 6.07) is 9.80. The van der Waals surface area contributed by atoms with Crippen LogP contribution >= 0.6 is 11.3 Å². The van der Waals surface area contributed by atoms with Crippen LogP contribution in [0.2, 0.25) is 0 Å². The third-order valence-corrected chi connectivity index (χ3v) is 4.81. The van der Waals surface area contributed by atoms with Crippen LogP contribution in [0.1, 0.15) is 40.8 Å². The Balaban J connectivity index is 2.04. The van der Waals surface area contributed by atoms with E-state index in [1.807, 2.05) is 30.4 Å². The van der Waals surface area contributed by atoms with Crippen molar-refractivity contribution in [2.24, 2.45) is 0 Å². The Bertz CT molecular complexity index is 637. The number of nitro groups is 1. The van der Waals surface area contributed by atoms with Crippen molar-refractivity contribution in [1.29, 1.82) is 0 Å². The molecule has 2 aromatic rings. The Hall–Kier alpha value is -1.72. The number of nitrogens with one attached hydrogen (secondary N) is 1. The maximum absolute atomic E-state index is 11.0. The van der Waals surface area contributed by atoms with Crippen molar-refractivity contribution in [2.45, 2.75) is 39.8 Å². The standard InChI is InChI=1S/C16H20N2O2S/c1-4-14-7-8-15(21-14)10-17-12(3)13-6-5-11(2)16(9-13)18(19)20/h5-9,12,17H,4,10H2,1-3H3. The van der Waals surface area contributed by atoms with Gasteiger partial charge in [-0.25, -0.2) is 0 Å². The molecule has 0 aliphatic carbocycles. The summed E-state index contributed by atoms with van der Waals surface area (Å²) in [7, 11) is 0. The molecule has 0 radical (unpaired) electrons. The molecule has 1 atom stereocenters. The third-order valence-electron chi connectivity index (χ3n) is 3.58. The molecule has 0 fully saturated rings. The lowest BCUT2D eigenvalue weighted by molar-refractivity contribution is -0.385. The van der Waals surface area contributed by atoms with E-state index in [9.17, 15) is 10.1 Å². The number of nitrogens with zero attached hydrogens (tertiary/aromatic N) is 1. The smallest absolute Gasteiger partial charge is 0.272 e. The zero-order valence-electron chi connectivity index (χ0n) is 12.6. The van der Waals surface area contributed by atoms with E-state index in [1.165, 1.54) is 9.75 Å². The predicted molar refractivity (Wildman–Crippen MR) is 86.8 cm³/mol. The molecule has 4 nitrogen and oxygen atoms in total. The maximum Gasteiger partial charge on any atom is 0.272 e. The van der Waals surface area contributed by atoms with Crippen LogP contribution in [0.4, 0.5) is 5.69 Å². The van der Waals surface area contributed by atoms with E-state index < -0.39 is 0 Å². The van der Waals surface area contributed by atoms with Crippen LogP contribution in [0.15, 0.2) is 30.3 Å². The van der Waals surface area contributed by atoms with Crippen LogP contribution in [0.5, 0.6) is 0 Å². The summed E-state index contributed by atoms with van der Waals surface area (Å²) in [5.41, 5.74) is 1.83. The quantitative estimate of drug-likeness (QED) is 0.636. The van der Waals surface area contributed by atoms with E-state index in [-0.39, 0.29) is 16.7 Å². The second-order valence-corrected chi connectivity index (χ2v) is 6.38. The Kier molecular flexibility index (Phi) is 5.09. The van der Waals surface area contributed by atoms with Gasteiger partial charge in [-0.1, -0.05) is 19.1 Å². The average Bonchev–Trinajstić information content (AvgIpc) is 2.93. The Morgan fingerprint density at radius 2 is 2.00 bits per heavy atom. The SMILES string of the molecule is CCc1ccc(CNC(C)c2ccc(C)c([N+](=O)[O-])c2)s1. The van der Waals surface area contributed by atoms with Gasteiger partial charge >= 0.3 is 0 Å². The molecule has 1 N–H and O–H groups in total. The molecule has 0 amide bonds. The van der Waals surface area contributed by atoms with Gasteiger partial charge in [0.05, 0.1) is 4.92 Å². The number of hydrogen-bond donors (Lipinski definition) is 1. The summed E-state index contributed by atoms with van der Waals surface area (Å²) >= 11 is 1.81. The van der Waals surface area contributed by atoms with Gasteiger partial charge in [-0.2, -0.15) is 0 Å². The number of nitro benzene ring substituents is 1. The normalized spacial score (nSPS) is 12.3. The van der Waals surface area contributed by atoms with Crippen molar-refractivity contribution in [3.05, 3.63) is 61.3 Å². The molecule has 1 aromatic carbocycles. The van der Waals surface area contributed by atoms with Crippen molar-refractivity contribution in [3.8, 4) is 0 Å². The zero-order chi connectivity index (χ0) is 15.4. The first-order chi connectivity index (χ1) is 10.0. The molecule has 0 aliphatic rings. The van der Waals surface area contributed by atoms with Crippen LogP contribution in [0, 0.1) is 17.0 Å². The molecule has 0 aliphatic heterocycles. The monoisotopic (exact) mass is 304 g/mol. The fraction of sp³-hybridized carbons (Fsp3) is 0.375. The highest BCUT2D eigenvalue weighted by Gasteiger charge is 2.14. The molecule has 1 heterocycles. The molecule has 21 heavy (non-hydrogen) atoms. The minimum absolute atomic E-state index is 0.0801. The van der Waals surface area contributed by atoms with Crippen molar-refractivity contribution in [1.82, 2.24) is 5.32 Å². The Morgan fingerprint density at radius 3 is 2.62 bits per heavy atom. The first-order valence-corrected chi connectivity index (χ1v) is 7.88. The maximum atomic E-state index is 11.0. The molecule has 1 unspecified atom stereocenters. The minimum Gasteiger partial charge on any atom is -0.305 e. The first kappa shape index (κ1) is 15.7. The van der Waals surface area contributed by atoms with Crippen LogP contribution in [0.3, 0.4) is 0 Å². The van der Waals surface area contributed by atoms with Gasteiger partial charge in [0.1, 0.15) is 0 Å². The molecule has 0 bridgehead atoms. The first-order valence-electron chi connectivity index (χ1n) is 7.07. The van der Waals surface area contributed by atoms with Gasteiger partial charge in [-0.05, 0) is 38.0 Å². The zero-order valence-corrected chi connectivity index (χ0v) is 13.4. The van der Waals surface area contributed by atoms with Crippen molar-refractivity contribution in [2.75, 3.05) is 0 Å². The van der Waals surface area contributed by atoms with E-state index in [0.29, 0.717) is 5.56 Å². The molecule has 0 saturated heterocycles. The summed E-state index contributed by atoms with van der Waals surface area (Å²) in [5, 5.41) is 14.4. The molecule has 5 heteroatoms. The number of aryl methyl sites for hydroxylation is 2. The molecule has 0 spiro atoms. The van der Waals surface area contributed by atoms with E-state index in [2.05, 4.69) is 24.4 Å². The van der Waals surface area contributed by atoms with Crippen molar-refractivity contribution in [3.63, 3.8) is 0 Å². The van der Waals surface area contributed by atoms with E-state index >= 15 is 0 Å². The second kappa shape index (κ2) is 6.83. The van der Waals surface area contributed by atoms with Crippen LogP contribution in [-0.4, -0.2) is 4.92 Å². The van der Waals surface area contributed by atoms with E-state index in [0.717, 1.165) is 18.5 Å². The summed E-state index contributed by atoms with van der Waals surface area (Å²) in [4.78, 5) is 13.3. The van der Waals surface area contributed by atoms with Gasteiger partial charge < -0.3 is 5.32 Å². The number of thiophene rings is 1. The Labute approximate surface area is 129 Å². The molecule has 1 aromatic heterocycles. The lowest BCUT2D eigenvalue weighted by Gasteiger charge is -2.14. The number of rotatable bonds is 6. The van der Waals surface area contributed by atoms with Gasteiger partial charge in [0.25, 0.3) is 5.69 Å². The highest BCUT2D eigenvalue weighted by molar-refractivity contribution is 7.11. The van der Waals surface area contributed by atoms with E-state index in [1.54, 1.807) is 13.0 Å². The Morgan fingerprint density at radius 1 is 1.29 bits per heavy atom.